The molecule has 2 aromatic carbocycles. The summed E-state index contributed by atoms with van der Waals surface area (Å²) in [7, 11) is -2.15. The third-order valence-electron chi connectivity index (χ3n) is 2.84. The average Bonchev–Trinajstić information content (AvgIpc) is 2.42. The fourth-order valence-electron chi connectivity index (χ4n) is 1.72. The number of hydrogen-bond donors (Lipinski definition) is 0. The van der Waals surface area contributed by atoms with Crippen LogP contribution in [0, 0.1) is 5.82 Å². The predicted molar refractivity (Wildman–Crippen MR) is 76.5 cm³/mol. The number of nitrogens with zero attached hydrogens (tertiary/aromatic N) is 1. The lowest BCUT2D eigenvalue weighted by molar-refractivity contribution is 0.466. The van der Waals surface area contributed by atoms with Crippen LogP contribution < -0.4 is 0 Å². The molecule has 0 saturated heterocycles. The van der Waals surface area contributed by atoms with Crippen LogP contribution in [0.4, 0.5) is 4.39 Å². The van der Waals surface area contributed by atoms with Crippen LogP contribution in [0.15, 0.2) is 53.4 Å². The maximum Gasteiger partial charge on any atom is 0.243 e. The molecule has 6 heteroatoms. The van der Waals surface area contributed by atoms with Crippen LogP contribution in [0.25, 0.3) is 0 Å². The van der Waals surface area contributed by atoms with Crippen LogP contribution in [0.3, 0.4) is 0 Å². The first-order valence-electron chi connectivity index (χ1n) is 5.86. The van der Waals surface area contributed by atoms with Gasteiger partial charge in [0.05, 0.1) is 4.90 Å². The smallest absolute Gasteiger partial charge is 0.207 e. The molecule has 106 valence electrons. The van der Waals surface area contributed by atoms with Crippen molar-refractivity contribution in [2.75, 3.05) is 7.05 Å². The SMILES string of the molecule is CN(Cc1ccc(Cl)cc1)S(=O)(=O)c1ccc(F)cc1. The molecule has 0 unspecified atom stereocenters. The van der Waals surface area contributed by atoms with Gasteiger partial charge < -0.3 is 0 Å². The van der Waals surface area contributed by atoms with Gasteiger partial charge in [-0.1, -0.05) is 23.7 Å². The Morgan fingerprint density at radius 3 is 2.15 bits per heavy atom. The second-order valence-corrected chi connectivity index (χ2v) is 6.82. The van der Waals surface area contributed by atoms with E-state index in [1.807, 2.05) is 0 Å². The van der Waals surface area contributed by atoms with Crippen molar-refractivity contribution in [3.63, 3.8) is 0 Å². The molecule has 20 heavy (non-hydrogen) atoms. The van der Waals surface area contributed by atoms with Gasteiger partial charge in [-0.15, -0.1) is 0 Å². The highest BCUT2D eigenvalue weighted by atomic mass is 35.5. The van der Waals surface area contributed by atoms with E-state index in [0.717, 1.165) is 17.7 Å². The summed E-state index contributed by atoms with van der Waals surface area (Å²) in [6.07, 6.45) is 0. The molecule has 2 rings (SSSR count). The van der Waals surface area contributed by atoms with Crippen LogP contribution in [0.1, 0.15) is 5.56 Å². The van der Waals surface area contributed by atoms with Gasteiger partial charge in [-0.2, -0.15) is 4.31 Å². The van der Waals surface area contributed by atoms with Crippen molar-refractivity contribution < 1.29 is 12.8 Å². The lowest BCUT2D eigenvalue weighted by Gasteiger charge is -2.17. The van der Waals surface area contributed by atoms with Crippen molar-refractivity contribution in [3.8, 4) is 0 Å². The molecule has 0 radical (unpaired) electrons. The monoisotopic (exact) mass is 313 g/mol. The van der Waals surface area contributed by atoms with Crippen molar-refractivity contribution in [1.82, 2.24) is 4.31 Å². The van der Waals surface area contributed by atoms with E-state index >= 15 is 0 Å². The largest absolute Gasteiger partial charge is 0.243 e. The van der Waals surface area contributed by atoms with E-state index in [9.17, 15) is 12.8 Å². The predicted octanol–water partition coefficient (Wildman–Crippen LogP) is 3.30. The molecule has 0 N–H and O–H groups in total. The van der Waals surface area contributed by atoms with Crippen LogP contribution in [0.2, 0.25) is 5.02 Å². The topological polar surface area (TPSA) is 37.4 Å². The fourth-order valence-corrected chi connectivity index (χ4v) is 3.00. The number of rotatable bonds is 4. The number of halogens is 2. The maximum absolute atomic E-state index is 12.8. The van der Waals surface area contributed by atoms with E-state index in [1.165, 1.54) is 23.5 Å². The van der Waals surface area contributed by atoms with Crippen molar-refractivity contribution >= 4 is 21.6 Å². The average molecular weight is 314 g/mol. The molecule has 2 aromatic rings. The molecular weight excluding hydrogens is 301 g/mol. The minimum atomic E-state index is -3.63. The summed E-state index contributed by atoms with van der Waals surface area (Å²) < 4.78 is 38.6. The van der Waals surface area contributed by atoms with Gasteiger partial charge in [-0.05, 0) is 42.0 Å². The van der Waals surface area contributed by atoms with Crippen molar-refractivity contribution in [1.29, 1.82) is 0 Å². The summed E-state index contributed by atoms with van der Waals surface area (Å²) >= 11 is 5.78. The first kappa shape index (κ1) is 15.0. The van der Waals surface area contributed by atoms with Gasteiger partial charge in [0, 0.05) is 18.6 Å². The van der Waals surface area contributed by atoms with Crippen LogP contribution in [0.5, 0.6) is 0 Å². The molecule has 0 aromatic heterocycles. The van der Waals surface area contributed by atoms with Crippen molar-refractivity contribution in [3.05, 3.63) is 64.9 Å². The summed E-state index contributed by atoms with van der Waals surface area (Å²) in [5.74, 6) is -0.468. The van der Waals surface area contributed by atoms with Crippen LogP contribution >= 0.6 is 11.6 Å². The van der Waals surface area contributed by atoms with Crippen molar-refractivity contribution in [2.45, 2.75) is 11.4 Å². The Kier molecular flexibility index (Phi) is 4.42. The zero-order chi connectivity index (χ0) is 14.8. The van der Waals surface area contributed by atoms with E-state index in [2.05, 4.69) is 0 Å². The Labute approximate surface area is 122 Å². The van der Waals surface area contributed by atoms with E-state index in [1.54, 1.807) is 24.3 Å². The van der Waals surface area contributed by atoms with Crippen LogP contribution in [-0.4, -0.2) is 19.8 Å². The highest BCUT2D eigenvalue weighted by Gasteiger charge is 2.20. The molecule has 0 fully saturated rings. The summed E-state index contributed by atoms with van der Waals surface area (Å²) in [6.45, 7) is 0.219. The van der Waals surface area contributed by atoms with Gasteiger partial charge in [-0.3, -0.25) is 0 Å². The molecule has 0 spiro atoms. The fraction of sp³-hybridized carbons (Fsp3) is 0.143. The van der Waals surface area contributed by atoms with Gasteiger partial charge >= 0.3 is 0 Å². The molecule has 0 heterocycles. The molecule has 0 aliphatic rings. The molecule has 3 nitrogen and oxygen atoms in total. The molecule has 0 saturated carbocycles. The van der Waals surface area contributed by atoms with Gasteiger partial charge in [0.25, 0.3) is 0 Å². The molecule has 0 bridgehead atoms. The Morgan fingerprint density at radius 2 is 1.60 bits per heavy atom. The Hall–Kier alpha value is -1.43. The van der Waals surface area contributed by atoms with Gasteiger partial charge in [0.1, 0.15) is 5.82 Å². The Balaban J connectivity index is 2.21. The minimum absolute atomic E-state index is 0.0652. The summed E-state index contributed by atoms with van der Waals surface area (Å²) in [5, 5.41) is 0.595. The summed E-state index contributed by atoms with van der Waals surface area (Å²) in [5.41, 5.74) is 0.822. The number of hydrogen-bond acceptors (Lipinski definition) is 2. The molecule has 0 atom stereocenters. The van der Waals surface area contributed by atoms with E-state index in [4.69, 9.17) is 11.6 Å². The van der Waals surface area contributed by atoms with E-state index < -0.39 is 15.8 Å². The van der Waals surface area contributed by atoms with Gasteiger partial charge in [-0.25, -0.2) is 12.8 Å². The van der Waals surface area contributed by atoms with Gasteiger partial charge in [0.2, 0.25) is 10.0 Å². The molecule has 0 aliphatic carbocycles. The zero-order valence-corrected chi connectivity index (χ0v) is 12.3. The van der Waals surface area contributed by atoms with E-state index in [0.29, 0.717) is 5.02 Å². The standard InChI is InChI=1S/C14H13ClFNO2S/c1-17(10-11-2-4-12(15)5-3-11)20(18,19)14-8-6-13(16)7-9-14/h2-9H,10H2,1H3. The quantitative estimate of drug-likeness (QED) is 0.868. The Morgan fingerprint density at radius 1 is 1.05 bits per heavy atom. The first-order valence-corrected chi connectivity index (χ1v) is 7.68. The maximum atomic E-state index is 12.8. The Bertz CT molecular complexity index is 684. The second kappa shape index (κ2) is 5.91. The van der Waals surface area contributed by atoms with Gasteiger partial charge in [0.15, 0.2) is 0 Å². The number of sulfonamides is 1. The minimum Gasteiger partial charge on any atom is -0.207 e. The third kappa shape index (κ3) is 3.36. The lowest BCUT2D eigenvalue weighted by atomic mass is 10.2. The van der Waals surface area contributed by atoms with Crippen molar-refractivity contribution in [2.24, 2.45) is 0 Å². The first-order chi connectivity index (χ1) is 9.39. The molecule has 0 amide bonds. The van der Waals surface area contributed by atoms with E-state index in [-0.39, 0.29) is 11.4 Å². The summed E-state index contributed by atoms with van der Waals surface area (Å²) in [6, 6.07) is 11.7. The highest BCUT2D eigenvalue weighted by molar-refractivity contribution is 7.89. The summed E-state index contributed by atoms with van der Waals surface area (Å²) in [4.78, 5) is 0.0652. The third-order valence-corrected chi connectivity index (χ3v) is 4.91. The molecular formula is C14H13ClFNO2S. The lowest BCUT2D eigenvalue weighted by Crippen LogP contribution is -2.26. The number of benzene rings is 2. The zero-order valence-electron chi connectivity index (χ0n) is 10.8. The second-order valence-electron chi connectivity index (χ2n) is 4.34. The molecule has 0 aliphatic heterocycles. The van der Waals surface area contributed by atoms with Crippen LogP contribution in [-0.2, 0) is 16.6 Å². The normalized spacial score (nSPS) is 11.8. The highest BCUT2D eigenvalue weighted by Crippen LogP contribution is 2.18.